The number of hydrogen-bond donors (Lipinski definition) is 2. The smallest absolute Gasteiger partial charge is 0.263 e. The first-order valence-corrected chi connectivity index (χ1v) is 7.52. The van der Waals surface area contributed by atoms with E-state index in [1.807, 2.05) is 13.0 Å². The number of benzene rings is 1. The van der Waals surface area contributed by atoms with E-state index in [4.69, 9.17) is 5.26 Å². The zero-order valence-corrected chi connectivity index (χ0v) is 12.0. The van der Waals surface area contributed by atoms with Crippen LogP contribution in [0.25, 0.3) is 0 Å². The first kappa shape index (κ1) is 14.1. The van der Waals surface area contributed by atoms with Gasteiger partial charge >= 0.3 is 0 Å². The Bertz CT molecular complexity index is 772. The molecule has 2 aromatic rings. The van der Waals surface area contributed by atoms with Crippen LogP contribution in [0.15, 0.2) is 29.2 Å². The number of sulfonamides is 1. The molecule has 0 fully saturated rings. The SMILES string of the molecule is CCc1cc(NS(=O)(=O)c2cc(C#N)ccc2C)n[nH]1. The molecule has 0 radical (unpaired) electrons. The highest BCUT2D eigenvalue weighted by Gasteiger charge is 2.18. The first-order chi connectivity index (χ1) is 9.46. The Hall–Kier alpha value is -2.33. The van der Waals surface area contributed by atoms with Gasteiger partial charge in [-0.05, 0) is 31.0 Å². The topological polar surface area (TPSA) is 98.6 Å². The summed E-state index contributed by atoms with van der Waals surface area (Å²) >= 11 is 0. The van der Waals surface area contributed by atoms with Gasteiger partial charge in [-0.2, -0.15) is 10.4 Å². The molecular weight excluding hydrogens is 276 g/mol. The Balaban J connectivity index is 2.38. The van der Waals surface area contributed by atoms with Crippen molar-refractivity contribution < 1.29 is 8.42 Å². The molecule has 0 unspecified atom stereocenters. The van der Waals surface area contributed by atoms with Crippen molar-refractivity contribution in [1.29, 1.82) is 5.26 Å². The van der Waals surface area contributed by atoms with Gasteiger partial charge in [0.25, 0.3) is 10.0 Å². The molecule has 6 nitrogen and oxygen atoms in total. The van der Waals surface area contributed by atoms with E-state index in [-0.39, 0.29) is 10.7 Å². The number of rotatable bonds is 4. The van der Waals surface area contributed by atoms with E-state index >= 15 is 0 Å². The number of nitrogens with one attached hydrogen (secondary N) is 2. The summed E-state index contributed by atoms with van der Waals surface area (Å²) in [7, 11) is -3.76. The van der Waals surface area contributed by atoms with E-state index in [9.17, 15) is 8.42 Å². The van der Waals surface area contributed by atoms with Crippen LogP contribution >= 0.6 is 0 Å². The van der Waals surface area contributed by atoms with Crippen LogP contribution in [-0.2, 0) is 16.4 Å². The van der Waals surface area contributed by atoms with Crippen LogP contribution < -0.4 is 4.72 Å². The molecule has 2 rings (SSSR count). The highest BCUT2D eigenvalue weighted by atomic mass is 32.2. The highest BCUT2D eigenvalue weighted by Crippen LogP contribution is 2.20. The van der Waals surface area contributed by atoms with Crippen LogP contribution in [0.3, 0.4) is 0 Å². The van der Waals surface area contributed by atoms with Crippen LogP contribution in [-0.4, -0.2) is 18.6 Å². The van der Waals surface area contributed by atoms with E-state index in [1.165, 1.54) is 6.07 Å². The Morgan fingerprint density at radius 3 is 2.75 bits per heavy atom. The first-order valence-electron chi connectivity index (χ1n) is 6.04. The molecular formula is C13H14N4O2S. The van der Waals surface area contributed by atoms with Crippen molar-refractivity contribution in [3.8, 4) is 6.07 Å². The molecule has 2 N–H and O–H groups in total. The molecule has 1 aromatic heterocycles. The third-order valence-corrected chi connectivity index (χ3v) is 4.35. The number of nitrogens with zero attached hydrogens (tertiary/aromatic N) is 2. The van der Waals surface area contributed by atoms with Crippen molar-refractivity contribution in [3.63, 3.8) is 0 Å². The van der Waals surface area contributed by atoms with Gasteiger partial charge in [-0.15, -0.1) is 0 Å². The van der Waals surface area contributed by atoms with Crippen molar-refractivity contribution in [2.24, 2.45) is 0 Å². The highest BCUT2D eigenvalue weighted by molar-refractivity contribution is 7.92. The van der Waals surface area contributed by atoms with Gasteiger partial charge in [-0.3, -0.25) is 9.82 Å². The molecule has 0 amide bonds. The monoisotopic (exact) mass is 290 g/mol. The summed E-state index contributed by atoms with van der Waals surface area (Å²) in [5.74, 6) is 0.239. The lowest BCUT2D eigenvalue weighted by molar-refractivity contribution is 0.600. The largest absolute Gasteiger partial charge is 0.280 e. The van der Waals surface area contributed by atoms with Crippen LogP contribution in [0.4, 0.5) is 5.82 Å². The molecule has 0 aliphatic carbocycles. The van der Waals surface area contributed by atoms with Crippen molar-refractivity contribution in [2.75, 3.05) is 4.72 Å². The summed E-state index contributed by atoms with van der Waals surface area (Å²) < 4.78 is 27.0. The fraction of sp³-hybridized carbons (Fsp3) is 0.231. The van der Waals surface area contributed by atoms with Gasteiger partial charge < -0.3 is 0 Å². The molecule has 0 saturated heterocycles. The minimum Gasteiger partial charge on any atom is -0.280 e. The van der Waals surface area contributed by atoms with Crippen molar-refractivity contribution in [1.82, 2.24) is 10.2 Å². The predicted molar refractivity (Wildman–Crippen MR) is 74.7 cm³/mol. The lowest BCUT2D eigenvalue weighted by atomic mass is 10.2. The van der Waals surface area contributed by atoms with Crippen LogP contribution in [0, 0.1) is 18.3 Å². The Kier molecular flexibility index (Phi) is 3.77. The van der Waals surface area contributed by atoms with Crippen LogP contribution in [0.1, 0.15) is 23.7 Å². The van der Waals surface area contributed by atoms with E-state index in [0.29, 0.717) is 11.1 Å². The summed E-state index contributed by atoms with van der Waals surface area (Å²) in [6, 6.07) is 8.11. The number of H-pyrrole nitrogens is 1. The second kappa shape index (κ2) is 5.35. The van der Waals surface area contributed by atoms with E-state index in [2.05, 4.69) is 14.9 Å². The van der Waals surface area contributed by atoms with Crippen molar-refractivity contribution in [3.05, 3.63) is 41.1 Å². The molecule has 0 atom stereocenters. The number of hydrogen-bond acceptors (Lipinski definition) is 4. The molecule has 0 aliphatic rings. The number of nitriles is 1. The van der Waals surface area contributed by atoms with Gasteiger partial charge in [0, 0.05) is 11.8 Å². The lowest BCUT2D eigenvalue weighted by Crippen LogP contribution is -2.14. The summed E-state index contributed by atoms with van der Waals surface area (Å²) in [4.78, 5) is 0.0811. The van der Waals surface area contributed by atoms with Crippen molar-refractivity contribution in [2.45, 2.75) is 25.2 Å². The maximum absolute atomic E-state index is 12.3. The van der Waals surface area contributed by atoms with Gasteiger partial charge in [-0.25, -0.2) is 8.42 Å². The third kappa shape index (κ3) is 2.81. The minimum absolute atomic E-state index is 0.0811. The van der Waals surface area contributed by atoms with Crippen LogP contribution in [0.2, 0.25) is 0 Å². The number of aryl methyl sites for hydroxylation is 2. The molecule has 20 heavy (non-hydrogen) atoms. The van der Waals surface area contributed by atoms with E-state index in [0.717, 1.165) is 12.1 Å². The summed E-state index contributed by atoms with van der Waals surface area (Å²) in [6.07, 6.45) is 0.734. The minimum atomic E-state index is -3.76. The molecule has 7 heteroatoms. The maximum atomic E-state index is 12.3. The number of aromatic amines is 1. The average Bonchev–Trinajstić information content (AvgIpc) is 2.86. The summed E-state index contributed by atoms with van der Waals surface area (Å²) in [6.45, 7) is 3.62. The van der Waals surface area contributed by atoms with Gasteiger partial charge in [0.05, 0.1) is 16.5 Å². The second-order valence-corrected chi connectivity index (χ2v) is 5.98. The summed E-state index contributed by atoms with van der Waals surface area (Å²) in [5.41, 5.74) is 1.71. The Labute approximate surface area is 117 Å². The van der Waals surface area contributed by atoms with Gasteiger partial charge in [0.1, 0.15) is 0 Å². The molecule has 1 aromatic carbocycles. The Morgan fingerprint density at radius 2 is 2.15 bits per heavy atom. The van der Waals surface area contributed by atoms with Gasteiger partial charge in [0.15, 0.2) is 5.82 Å². The Morgan fingerprint density at radius 1 is 1.40 bits per heavy atom. The van der Waals surface area contributed by atoms with Crippen molar-refractivity contribution >= 4 is 15.8 Å². The van der Waals surface area contributed by atoms with E-state index in [1.54, 1.807) is 25.1 Å². The predicted octanol–water partition coefficient (Wildman–Crippen LogP) is 1.95. The molecule has 1 heterocycles. The zero-order valence-electron chi connectivity index (χ0n) is 11.1. The molecule has 0 aliphatic heterocycles. The summed E-state index contributed by atoms with van der Waals surface area (Å²) in [5, 5.41) is 15.5. The van der Waals surface area contributed by atoms with Crippen LogP contribution in [0.5, 0.6) is 0 Å². The third-order valence-electron chi connectivity index (χ3n) is 2.86. The molecule has 0 spiro atoms. The maximum Gasteiger partial charge on any atom is 0.263 e. The molecule has 0 saturated carbocycles. The second-order valence-electron chi connectivity index (χ2n) is 4.33. The van der Waals surface area contributed by atoms with Gasteiger partial charge in [-0.1, -0.05) is 13.0 Å². The van der Waals surface area contributed by atoms with Gasteiger partial charge in [0.2, 0.25) is 0 Å². The average molecular weight is 290 g/mol. The lowest BCUT2D eigenvalue weighted by Gasteiger charge is -2.08. The van der Waals surface area contributed by atoms with E-state index < -0.39 is 10.0 Å². The zero-order chi connectivity index (χ0) is 14.8. The molecule has 0 bridgehead atoms. The fourth-order valence-electron chi connectivity index (χ4n) is 1.75. The normalized spacial score (nSPS) is 11.1. The number of anilines is 1. The molecule has 104 valence electrons. The standard InChI is InChI=1S/C13H14N4O2S/c1-3-11-7-13(16-15-11)17-20(18,19)12-6-10(8-14)5-4-9(12)2/h4-7H,3H2,1-2H3,(H2,15,16,17). The fourth-order valence-corrected chi connectivity index (χ4v) is 3.01. The number of aromatic nitrogens is 2. The quantitative estimate of drug-likeness (QED) is 0.899.